The van der Waals surface area contributed by atoms with Crippen molar-refractivity contribution < 1.29 is 0 Å². The fourth-order valence-corrected chi connectivity index (χ4v) is 8.30. The first-order chi connectivity index (χ1) is 26.0. The Morgan fingerprint density at radius 1 is 0.340 bits per heavy atom. The van der Waals surface area contributed by atoms with Gasteiger partial charge in [0.1, 0.15) is 0 Å². The van der Waals surface area contributed by atoms with E-state index in [1.54, 1.807) is 0 Å². The number of hydrogen-bond acceptors (Lipinski definition) is 2. The van der Waals surface area contributed by atoms with Crippen LogP contribution < -0.4 is 0 Å². The smallest absolute Gasteiger partial charge is 0.160 e. The highest BCUT2D eigenvalue weighted by Crippen LogP contribution is 2.53. The van der Waals surface area contributed by atoms with Gasteiger partial charge in [0.15, 0.2) is 5.82 Å². The first kappa shape index (κ1) is 31.1. The molecule has 0 amide bonds. The molecule has 2 nitrogen and oxygen atoms in total. The Morgan fingerprint density at radius 2 is 0.925 bits per heavy atom. The van der Waals surface area contributed by atoms with Gasteiger partial charge in [0.05, 0.1) is 11.4 Å². The summed E-state index contributed by atoms with van der Waals surface area (Å²) in [7, 11) is 0. The van der Waals surface area contributed by atoms with Crippen LogP contribution in [-0.4, -0.2) is 9.97 Å². The van der Waals surface area contributed by atoms with E-state index in [1.807, 2.05) is 18.2 Å². The summed E-state index contributed by atoms with van der Waals surface area (Å²) in [6, 6.07) is 65.4. The highest BCUT2D eigenvalue weighted by molar-refractivity contribution is 5.99. The van der Waals surface area contributed by atoms with E-state index in [2.05, 4.69) is 178 Å². The zero-order valence-electron chi connectivity index (χ0n) is 29.7. The van der Waals surface area contributed by atoms with Crippen LogP contribution in [0, 0.1) is 0 Å². The average Bonchev–Trinajstić information content (AvgIpc) is 3.45. The van der Waals surface area contributed by atoms with Crippen LogP contribution in [0.3, 0.4) is 0 Å². The maximum atomic E-state index is 5.20. The molecule has 0 bridgehead atoms. The molecule has 1 aliphatic carbocycles. The summed E-state index contributed by atoms with van der Waals surface area (Å²) in [5.74, 6) is 0.711. The maximum absolute atomic E-state index is 5.20. The standard InChI is InChI=1S/C51H36N2/c1-51(2)45-22-12-21-42(49(45)44-30-38-17-8-9-18-39(38)31-46(44)51)34-24-26-35(27-25-34)47-32-48(53-50(52-47)36-14-4-3-5-15-36)43-20-11-10-19-41(43)40-28-23-33-13-6-7-16-37(33)29-40/h3-32H,1-2H3. The zero-order valence-corrected chi connectivity index (χ0v) is 29.7. The van der Waals surface area contributed by atoms with Crippen molar-refractivity contribution in [3.8, 4) is 67.3 Å². The Morgan fingerprint density at radius 3 is 1.70 bits per heavy atom. The Bertz CT molecular complexity index is 2850. The van der Waals surface area contributed by atoms with E-state index in [0.717, 1.165) is 33.6 Å². The molecule has 1 aliphatic rings. The number of hydrogen-bond donors (Lipinski definition) is 0. The molecule has 1 aromatic heterocycles. The minimum absolute atomic E-state index is 0.0843. The Kier molecular flexibility index (Phi) is 7.19. The quantitative estimate of drug-likeness (QED) is 0.181. The second-order valence-electron chi connectivity index (χ2n) is 14.6. The molecule has 10 rings (SSSR count). The lowest BCUT2D eigenvalue weighted by Gasteiger charge is -2.22. The molecule has 0 saturated heterocycles. The lowest BCUT2D eigenvalue weighted by Crippen LogP contribution is -2.14. The SMILES string of the molecule is CC1(C)c2cc3ccccc3cc2-c2c(-c3ccc(-c4cc(-c5ccccc5-c5ccc6ccccc6c5)nc(-c5ccccc5)n4)cc3)cccc21. The molecule has 2 heteroatoms. The van der Waals surface area contributed by atoms with Gasteiger partial charge in [-0.15, -0.1) is 0 Å². The molecule has 250 valence electrons. The molecule has 9 aromatic rings. The average molecular weight is 677 g/mol. The van der Waals surface area contributed by atoms with E-state index in [-0.39, 0.29) is 5.41 Å². The molecule has 0 spiro atoms. The molecule has 1 heterocycles. The minimum atomic E-state index is -0.0843. The van der Waals surface area contributed by atoms with Crippen LogP contribution in [0.1, 0.15) is 25.0 Å². The van der Waals surface area contributed by atoms with Crippen LogP contribution in [0.15, 0.2) is 182 Å². The molecule has 0 unspecified atom stereocenters. The molecule has 53 heavy (non-hydrogen) atoms. The Labute approximate surface area is 310 Å². The third-order valence-electron chi connectivity index (χ3n) is 11.1. The Hall–Kier alpha value is -6.64. The van der Waals surface area contributed by atoms with Crippen LogP contribution in [0.25, 0.3) is 88.8 Å². The second kappa shape index (κ2) is 12.3. The van der Waals surface area contributed by atoms with Crippen LogP contribution in [0.2, 0.25) is 0 Å². The van der Waals surface area contributed by atoms with Crippen molar-refractivity contribution in [3.05, 3.63) is 193 Å². The van der Waals surface area contributed by atoms with Crippen molar-refractivity contribution in [2.45, 2.75) is 19.3 Å². The molecular weight excluding hydrogens is 641 g/mol. The van der Waals surface area contributed by atoms with E-state index >= 15 is 0 Å². The fraction of sp³-hybridized carbons (Fsp3) is 0.0588. The fourth-order valence-electron chi connectivity index (χ4n) is 8.30. The topological polar surface area (TPSA) is 25.8 Å². The van der Waals surface area contributed by atoms with Crippen molar-refractivity contribution in [2.75, 3.05) is 0 Å². The van der Waals surface area contributed by atoms with Gasteiger partial charge >= 0.3 is 0 Å². The monoisotopic (exact) mass is 676 g/mol. The molecule has 0 aliphatic heterocycles. The number of fused-ring (bicyclic) bond motifs is 5. The van der Waals surface area contributed by atoms with Crippen molar-refractivity contribution >= 4 is 21.5 Å². The van der Waals surface area contributed by atoms with E-state index in [1.165, 1.54) is 60.5 Å². The number of benzene rings is 8. The van der Waals surface area contributed by atoms with E-state index in [0.29, 0.717) is 5.82 Å². The summed E-state index contributed by atoms with van der Waals surface area (Å²) in [5, 5.41) is 5.01. The molecule has 0 saturated carbocycles. The second-order valence-corrected chi connectivity index (χ2v) is 14.6. The third-order valence-corrected chi connectivity index (χ3v) is 11.1. The zero-order chi connectivity index (χ0) is 35.5. The van der Waals surface area contributed by atoms with Crippen molar-refractivity contribution in [2.24, 2.45) is 0 Å². The number of nitrogens with zero attached hydrogens (tertiary/aromatic N) is 2. The largest absolute Gasteiger partial charge is 0.228 e. The molecule has 8 aromatic carbocycles. The van der Waals surface area contributed by atoms with E-state index in [9.17, 15) is 0 Å². The van der Waals surface area contributed by atoms with Gasteiger partial charge in [0.2, 0.25) is 0 Å². The summed E-state index contributed by atoms with van der Waals surface area (Å²) < 4.78 is 0. The number of rotatable bonds is 5. The van der Waals surface area contributed by atoms with Gasteiger partial charge in [0.25, 0.3) is 0 Å². The third kappa shape index (κ3) is 5.26. The molecule has 0 N–H and O–H groups in total. The van der Waals surface area contributed by atoms with Gasteiger partial charge < -0.3 is 0 Å². The van der Waals surface area contributed by atoms with Gasteiger partial charge in [0, 0.05) is 22.1 Å². The molecule has 0 fully saturated rings. The van der Waals surface area contributed by atoms with E-state index in [4.69, 9.17) is 9.97 Å². The minimum Gasteiger partial charge on any atom is -0.228 e. The summed E-state index contributed by atoms with van der Waals surface area (Å²) in [4.78, 5) is 10.4. The van der Waals surface area contributed by atoms with Crippen molar-refractivity contribution in [3.63, 3.8) is 0 Å². The summed E-state index contributed by atoms with van der Waals surface area (Å²) in [6.07, 6.45) is 0. The molecule has 0 radical (unpaired) electrons. The first-order valence-corrected chi connectivity index (χ1v) is 18.3. The van der Waals surface area contributed by atoms with Gasteiger partial charge in [-0.3, -0.25) is 0 Å². The first-order valence-electron chi connectivity index (χ1n) is 18.3. The Balaban J connectivity index is 1.09. The summed E-state index contributed by atoms with van der Waals surface area (Å²) >= 11 is 0. The summed E-state index contributed by atoms with van der Waals surface area (Å²) in [5.41, 5.74) is 15.0. The normalized spacial score (nSPS) is 12.9. The van der Waals surface area contributed by atoms with Gasteiger partial charge in [-0.25, -0.2) is 9.97 Å². The van der Waals surface area contributed by atoms with Crippen molar-refractivity contribution in [1.29, 1.82) is 0 Å². The predicted molar refractivity (Wildman–Crippen MR) is 222 cm³/mol. The highest BCUT2D eigenvalue weighted by atomic mass is 14.9. The lowest BCUT2D eigenvalue weighted by atomic mass is 9.81. The van der Waals surface area contributed by atoms with Gasteiger partial charge in [-0.05, 0) is 90.3 Å². The van der Waals surface area contributed by atoms with Crippen LogP contribution in [0.4, 0.5) is 0 Å². The lowest BCUT2D eigenvalue weighted by molar-refractivity contribution is 0.661. The van der Waals surface area contributed by atoms with Gasteiger partial charge in [-0.1, -0.05) is 172 Å². The maximum Gasteiger partial charge on any atom is 0.160 e. The molecular formula is C51H36N2. The van der Waals surface area contributed by atoms with Crippen LogP contribution >= 0.6 is 0 Å². The highest BCUT2D eigenvalue weighted by Gasteiger charge is 2.37. The van der Waals surface area contributed by atoms with Crippen LogP contribution in [0.5, 0.6) is 0 Å². The molecule has 0 atom stereocenters. The number of aromatic nitrogens is 2. The van der Waals surface area contributed by atoms with Crippen LogP contribution in [-0.2, 0) is 5.41 Å². The predicted octanol–water partition coefficient (Wildman–Crippen LogP) is 13.4. The van der Waals surface area contributed by atoms with Crippen molar-refractivity contribution in [1.82, 2.24) is 9.97 Å². The summed E-state index contributed by atoms with van der Waals surface area (Å²) in [6.45, 7) is 4.71. The van der Waals surface area contributed by atoms with E-state index < -0.39 is 0 Å². The van der Waals surface area contributed by atoms with Gasteiger partial charge in [-0.2, -0.15) is 0 Å².